The SMILES string of the molecule is CC12CCC(c3c1n1cc(F)c4ccccc4c1nc3=O)C2(C)C. The highest BCUT2D eigenvalue weighted by atomic mass is 19.1. The zero-order chi connectivity index (χ0) is 16.9. The lowest BCUT2D eigenvalue weighted by Crippen LogP contribution is -2.33. The van der Waals surface area contributed by atoms with Gasteiger partial charge in [-0.25, -0.2) is 4.39 Å². The number of rotatable bonds is 0. The second kappa shape index (κ2) is 4.05. The van der Waals surface area contributed by atoms with Crippen LogP contribution in [0.15, 0.2) is 35.3 Å². The molecule has 2 aliphatic carbocycles. The largest absolute Gasteiger partial charge is 0.301 e. The third kappa shape index (κ3) is 1.35. The Kier molecular flexibility index (Phi) is 2.39. The van der Waals surface area contributed by atoms with Gasteiger partial charge in [-0.3, -0.25) is 4.79 Å². The topological polar surface area (TPSA) is 34.4 Å². The van der Waals surface area contributed by atoms with Gasteiger partial charge in [0.05, 0.1) is 0 Å². The van der Waals surface area contributed by atoms with Gasteiger partial charge in [-0.2, -0.15) is 4.98 Å². The summed E-state index contributed by atoms with van der Waals surface area (Å²) in [6, 6.07) is 7.24. The predicted octanol–water partition coefficient (Wildman–Crippen LogP) is 4.16. The molecule has 3 nitrogen and oxygen atoms in total. The van der Waals surface area contributed by atoms with Crippen LogP contribution >= 0.6 is 0 Å². The maximum Gasteiger partial charge on any atom is 0.277 e. The number of nitrogens with zero attached hydrogens (tertiary/aromatic N) is 2. The first-order chi connectivity index (χ1) is 11.4. The summed E-state index contributed by atoms with van der Waals surface area (Å²) >= 11 is 0. The van der Waals surface area contributed by atoms with Gasteiger partial charge in [0.1, 0.15) is 11.5 Å². The van der Waals surface area contributed by atoms with E-state index in [1.165, 1.54) is 6.20 Å². The van der Waals surface area contributed by atoms with Gasteiger partial charge in [-0.05, 0) is 24.2 Å². The Labute approximate surface area is 139 Å². The van der Waals surface area contributed by atoms with Crippen molar-refractivity contribution < 1.29 is 4.39 Å². The summed E-state index contributed by atoms with van der Waals surface area (Å²) in [5, 5.41) is 1.21. The van der Waals surface area contributed by atoms with E-state index in [-0.39, 0.29) is 28.1 Å². The molecule has 3 aromatic rings. The van der Waals surface area contributed by atoms with E-state index in [1.54, 1.807) is 12.1 Å². The monoisotopic (exact) mass is 322 g/mol. The number of pyridine rings is 1. The van der Waals surface area contributed by atoms with E-state index >= 15 is 0 Å². The molecule has 2 bridgehead atoms. The number of benzene rings is 1. The van der Waals surface area contributed by atoms with E-state index < -0.39 is 0 Å². The molecule has 0 spiro atoms. The Morgan fingerprint density at radius 2 is 1.92 bits per heavy atom. The lowest BCUT2D eigenvalue weighted by Gasteiger charge is -2.35. The Morgan fingerprint density at radius 1 is 1.21 bits per heavy atom. The molecule has 0 aliphatic heterocycles. The fraction of sp³-hybridized carbons (Fsp3) is 0.400. The molecule has 2 heterocycles. The minimum absolute atomic E-state index is 0.0143. The molecule has 24 heavy (non-hydrogen) atoms. The summed E-state index contributed by atoms with van der Waals surface area (Å²) in [5.41, 5.74) is 2.07. The highest BCUT2D eigenvalue weighted by Gasteiger charge is 2.61. The molecule has 1 saturated carbocycles. The van der Waals surface area contributed by atoms with Crippen LogP contribution in [0.4, 0.5) is 4.39 Å². The van der Waals surface area contributed by atoms with Crippen LogP contribution in [0.3, 0.4) is 0 Å². The quantitative estimate of drug-likeness (QED) is 0.582. The number of hydrogen-bond acceptors (Lipinski definition) is 2. The summed E-state index contributed by atoms with van der Waals surface area (Å²) in [7, 11) is 0. The van der Waals surface area contributed by atoms with Crippen molar-refractivity contribution >= 4 is 16.4 Å². The van der Waals surface area contributed by atoms with Gasteiger partial charge >= 0.3 is 0 Å². The fourth-order valence-electron chi connectivity index (χ4n) is 5.24. The first-order valence-corrected chi connectivity index (χ1v) is 8.50. The molecule has 122 valence electrons. The smallest absolute Gasteiger partial charge is 0.277 e. The number of aromatic nitrogens is 2. The lowest BCUT2D eigenvalue weighted by molar-refractivity contribution is 0.226. The average molecular weight is 322 g/mol. The van der Waals surface area contributed by atoms with Crippen LogP contribution in [0.2, 0.25) is 0 Å². The molecule has 5 rings (SSSR count). The van der Waals surface area contributed by atoms with Crippen LogP contribution in [-0.2, 0) is 5.41 Å². The van der Waals surface area contributed by atoms with Gasteiger partial charge in [0.15, 0.2) is 0 Å². The molecule has 2 atom stereocenters. The minimum atomic E-state index is -0.269. The van der Waals surface area contributed by atoms with E-state index in [1.807, 2.05) is 16.5 Å². The Hall–Kier alpha value is -2.23. The van der Waals surface area contributed by atoms with Crippen molar-refractivity contribution in [2.24, 2.45) is 5.41 Å². The molecule has 0 amide bonds. The molecular formula is C20H19FN2O. The highest BCUT2D eigenvalue weighted by Crippen LogP contribution is 2.66. The summed E-state index contributed by atoms with van der Waals surface area (Å²) in [5.74, 6) is -0.0566. The van der Waals surface area contributed by atoms with Crippen LogP contribution in [0.1, 0.15) is 50.8 Å². The molecule has 1 aromatic carbocycles. The average Bonchev–Trinajstić information content (AvgIpc) is 2.88. The second-order valence-corrected chi connectivity index (χ2v) is 8.04. The van der Waals surface area contributed by atoms with Crippen LogP contribution in [-0.4, -0.2) is 9.38 Å². The van der Waals surface area contributed by atoms with Gasteiger partial charge < -0.3 is 4.40 Å². The zero-order valence-corrected chi connectivity index (χ0v) is 14.1. The number of hydrogen-bond donors (Lipinski definition) is 0. The van der Waals surface area contributed by atoms with E-state index in [9.17, 15) is 9.18 Å². The summed E-state index contributed by atoms with van der Waals surface area (Å²) in [6.45, 7) is 6.68. The summed E-state index contributed by atoms with van der Waals surface area (Å²) in [4.78, 5) is 17.2. The predicted molar refractivity (Wildman–Crippen MR) is 92.0 cm³/mol. The molecule has 2 aromatic heterocycles. The molecule has 0 saturated heterocycles. The molecule has 4 heteroatoms. The van der Waals surface area contributed by atoms with E-state index in [4.69, 9.17) is 0 Å². The summed E-state index contributed by atoms with van der Waals surface area (Å²) in [6.07, 6.45) is 3.55. The van der Waals surface area contributed by atoms with Gasteiger partial charge in [0, 0.05) is 33.6 Å². The lowest BCUT2D eigenvalue weighted by atomic mass is 9.70. The normalized spacial score (nSPS) is 27.1. The minimum Gasteiger partial charge on any atom is -0.301 e. The third-order valence-electron chi connectivity index (χ3n) is 6.93. The van der Waals surface area contributed by atoms with Crippen molar-refractivity contribution in [2.75, 3.05) is 0 Å². The van der Waals surface area contributed by atoms with Gasteiger partial charge in [0.2, 0.25) is 0 Å². The van der Waals surface area contributed by atoms with Crippen molar-refractivity contribution in [1.82, 2.24) is 9.38 Å². The van der Waals surface area contributed by atoms with Crippen molar-refractivity contribution in [3.63, 3.8) is 0 Å². The number of fused-ring (bicyclic) bond motifs is 9. The molecule has 2 aliphatic rings. The van der Waals surface area contributed by atoms with Crippen LogP contribution in [0.25, 0.3) is 16.4 Å². The fourth-order valence-corrected chi connectivity index (χ4v) is 5.24. The standard InChI is InChI=1S/C20H19FN2O/c1-19(2)13-8-9-20(19,3)16-15(13)18(24)22-17-12-7-5-4-6-11(12)14(21)10-23(16)17/h4-7,10,13H,8-9H2,1-3H3. The third-order valence-corrected chi connectivity index (χ3v) is 6.93. The van der Waals surface area contributed by atoms with Crippen LogP contribution in [0, 0.1) is 11.2 Å². The Morgan fingerprint density at radius 3 is 2.67 bits per heavy atom. The summed E-state index contributed by atoms with van der Waals surface area (Å²) < 4.78 is 16.6. The molecule has 0 radical (unpaired) electrons. The van der Waals surface area contributed by atoms with Gasteiger partial charge in [-0.15, -0.1) is 0 Å². The Bertz CT molecular complexity index is 1100. The molecule has 1 fully saturated rings. The first kappa shape index (κ1) is 14.1. The second-order valence-electron chi connectivity index (χ2n) is 8.04. The van der Waals surface area contributed by atoms with Crippen molar-refractivity contribution in [3.05, 3.63) is 57.9 Å². The van der Waals surface area contributed by atoms with E-state index in [0.29, 0.717) is 16.4 Å². The van der Waals surface area contributed by atoms with Crippen LogP contribution in [0.5, 0.6) is 0 Å². The van der Waals surface area contributed by atoms with Crippen molar-refractivity contribution in [1.29, 1.82) is 0 Å². The molecule has 0 N–H and O–H groups in total. The van der Waals surface area contributed by atoms with Gasteiger partial charge in [0.25, 0.3) is 5.56 Å². The zero-order valence-electron chi connectivity index (χ0n) is 14.1. The molecule has 2 unspecified atom stereocenters. The van der Waals surface area contributed by atoms with Crippen molar-refractivity contribution in [2.45, 2.75) is 44.9 Å². The van der Waals surface area contributed by atoms with E-state index in [0.717, 1.165) is 24.1 Å². The number of halogens is 1. The maximum absolute atomic E-state index is 14.7. The molecular weight excluding hydrogens is 303 g/mol. The van der Waals surface area contributed by atoms with Crippen molar-refractivity contribution in [3.8, 4) is 0 Å². The van der Waals surface area contributed by atoms with E-state index in [2.05, 4.69) is 25.8 Å². The first-order valence-electron chi connectivity index (χ1n) is 8.50. The highest BCUT2D eigenvalue weighted by molar-refractivity contribution is 5.94. The maximum atomic E-state index is 14.7. The van der Waals surface area contributed by atoms with Gasteiger partial charge in [-0.1, -0.05) is 45.0 Å². The van der Waals surface area contributed by atoms with Crippen LogP contribution < -0.4 is 5.56 Å². The Balaban J connectivity index is 2.04.